The molecule has 0 fully saturated rings. The van der Waals surface area contributed by atoms with E-state index in [0.29, 0.717) is 19.1 Å². The predicted octanol–water partition coefficient (Wildman–Crippen LogP) is 1.85. The Bertz CT molecular complexity index is 368. The summed E-state index contributed by atoms with van der Waals surface area (Å²) in [6, 6.07) is 0.0701. The molecule has 22 heavy (non-hydrogen) atoms. The third-order valence-electron chi connectivity index (χ3n) is 2.29. The van der Waals surface area contributed by atoms with Gasteiger partial charge in [-0.1, -0.05) is 0 Å². The lowest BCUT2D eigenvalue weighted by Gasteiger charge is -2.27. The van der Waals surface area contributed by atoms with Crippen LogP contribution in [0.4, 0.5) is 4.79 Å². The number of amides is 1. The molecule has 0 saturated heterocycles. The summed E-state index contributed by atoms with van der Waals surface area (Å²) < 4.78 is 10.2. The van der Waals surface area contributed by atoms with E-state index in [1.165, 1.54) is 0 Å². The molecule has 0 aromatic rings. The van der Waals surface area contributed by atoms with Gasteiger partial charge in [0.2, 0.25) is 0 Å². The first-order valence-electron chi connectivity index (χ1n) is 7.02. The average Bonchev–Trinajstić information content (AvgIpc) is 2.23. The Morgan fingerprint density at radius 1 is 1.27 bits per heavy atom. The summed E-state index contributed by atoms with van der Waals surface area (Å²) >= 11 is 0. The zero-order chi connectivity index (χ0) is 16.7. The third kappa shape index (κ3) is 12.9. The first-order chi connectivity index (χ1) is 9.45. The Kier molecular flexibility index (Phi) is 10.8. The van der Waals surface area contributed by atoms with Crippen LogP contribution in [0.1, 0.15) is 41.5 Å². The van der Waals surface area contributed by atoms with E-state index in [1.54, 1.807) is 7.11 Å². The zero-order valence-corrected chi connectivity index (χ0v) is 17.0. The molecule has 0 heterocycles. The minimum absolute atomic E-state index is 0. The van der Waals surface area contributed by atoms with Crippen LogP contribution in [0.2, 0.25) is 0 Å². The van der Waals surface area contributed by atoms with Crippen molar-refractivity contribution in [1.29, 1.82) is 0 Å². The Morgan fingerprint density at radius 3 is 2.27 bits per heavy atom. The molecule has 4 N–H and O–H groups in total. The van der Waals surface area contributed by atoms with Crippen LogP contribution >= 0.6 is 24.0 Å². The predicted molar refractivity (Wildman–Crippen MR) is 99.8 cm³/mol. The first-order valence-corrected chi connectivity index (χ1v) is 7.02. The zero-order valence-electron chi connectivity index (χ0n) is 14.6. The Morgan fingerprint density at radius 2 is 1.82 bits per heavy atom. The first kappa shape index (κ1) is 23.5. The van der Waals surface area contributed by atoms with Crippen LogP contribution in [-0.4, -0.2) is 49.5 Å². The minimum atomic E-state index is -0.556. The number of rotatable bonds is 6. The maximum absolute atomic E-state index is 11.7. The number of carbonyl (C=O) groups is 1. The van der Waals surface area contributed by atoms with Crippen LogP contribution in [0.5, 0.6) is 0 Å². The molecule has 1 atom stereocenters. The number of hydrogen-bond acceptors (Lipinski definition) is 4. The topological polar surface area (TPSA) is 98.0 Å². The van der Waals surface area contributed by atoms with Crippen LogP contribution in [-0.2, 0) is 9.47 Å². The van der Waals surface area contributed by atoms with Gasteiger partial charge in [-0.25, -0.2) is 4.79 Å². The van der Waals surface area contributed by atoms with Gasteiger partial charge in [0.1, 0.15) is 5.60 Å². The van der Waals surface area contributed by atoms with Gasteiger partial charge in [-0.3, -0.25) is 4.99 Å². The van der Waals surface area contributed by atoms with Gasteiger partial charge in [0.05, 0.1) is 18.7 Å². The monoisotopic (exact) mass is 430 g/mol. The molecule has 0 aliphatic rings. The second kappa shape index (κ2) is 10.1. The van der Waals surface area contributed by atoms with Crippen LogP contribution < -0.4 is 16.4 Å². The van der Waals surface area contributed by atoms with Crippen molar-refractivity contribution in [3.05, 3.63) is 0 Å². The average molecular weight is 430 g/mol. The standard InChI is InChI=1S/C14H30N4O3.HI/c1-10(8-20-7)17-11(15)16-9-14(5,6)18-12(19)21-13(2,3)4;/h10H,8-9H2,1-7H3,(H,18,19)(H3,15,16,17);1H. The number of guanidine groups is 1. The SMILES string of the molecule is COCC(C)NC(N)=NCC(C)(C)NC(=O)OC(C)(C)C.I. The Balaban J connectivity index is 0. The van der Waals surface area contributed by atoms with Gasteiger partial charge in [0.15, 0.2) is 5.96 Å². The summed E-state index contributed by atoms with van der Waals surface area (Å²) in [5.41, 5.74) is 4.70. The number of methoxy groups -OCH3 is 1. The highest BCUT2D eigenvalue weighted by Gasteiger charge is 2.24. The van der Waals surface area contributed by atoms with Gasteiger partial charge >= 0.3 is 6.09 Å². The van der Waals surface area contributed by atoms with Gasteiger partial charge in [0, 0.05) is 13.2 Å². The molecule has 0 saturated carbocycles. The van der Waals surface area contributed by atoms with Crippen LogP contribution in [0.15, 0.2) is 4.99 Å². The molecule has 1 unspecified atom stereocenters. The summed E-state index contributed by atoms with van der Waals surface area (Å²) in [7, 11) is 1.62. The van der Waals surface area contributed by atoms with Crippen LogP contribution in [0.3, 0.4) is 0 Å². The van der Waals surface area contributed by atoms with E-state index in [9.17, 15) is 4.79 Å². The van der Waals surface area contributed by atoms with Gasteiger partial charge in [0.25, 0.3) is 0 Å². The molecule has 132 valence electrons. The summed E-state index contributed by atoms with van der Waals surface area (Å²) in [6.07, 6.45) is -0.470. The lowest BCUT2D eigenvalue weighted by Crippen LogP contribution is -2.49. The molecule has 0 aromatic carbocycles. The fourth-order valence-electron chi connectivity index (χ4n) is 1.49. The van der Waals surface area contributed by atoms with Crippen molar-refractivity contribution >= 4 is 36.0 Å². The molecule has 0 radical (unpaired) electrons. The maximum Gasteiger partial charge on any atom is 0.408 e. The van der Waals surface area contributed by atoms with Crippen molar-refractivity contribution in [2.75, 3.05) is 20.3 Å². The quantitative estimate of drug-likeness (QED) is 0.340. The summed E-state index contributed by atoms with van der Waals surface area (Å²) in [6.45, 7) is 12.0. The number of halogens is 1. The molecule has 0 aliphatic heterocycles. The molecule has 7 nitrogen and oxygen atoms in total. The number of nitrogens with one attached hydrogen (secondary N) is 2. The smallest absolute Gasteiger partial charge is 0.408 e. The number of nitrogens with zero attached hydrogens (tertiary/aromatic N) is 1. The summed E-state index contributed by atoms with van der Waals surface area (Å²) in [4.78, 5) is 16.0. The van der Waals surface area contributed by atoms with Crippen molar-refractivity contribution in [3.63, 3.8) is 0 Å². The van der Waals surface area contributed by atoms with Gasteiger partial charge in [-0.15, -0.1) is 24.0 Å². The van der Waals surface area contributed by atoms with E-state index in [0.717, 1.165) is 0 Å². The van der Waals surface area contributed by atoms with E-state index < -0.39 is 17.2 Å². The van der Waals surface area contributed by atoms with Crippen LogP contribution in [0.25, 0.3) is 0 Å². The third-order valence-corrected chi connectivity index (χ3v) is 2.29. The molecular weight excluding hydrogens is 399 g/mol. The molecular formula is C14H31IN4O3. The number of ether oxygens (including phenoxy) is 2. The Hall–Kier alpha value is -0.770. The number of carbonyl (C=O) groups excluding carboxylic acids is 1. The number of hydrogen-bond donors (Lipinski definition) is 3. The number of nitrogens with two attached hydrogens (primary N) is 1. The maximum atomic E-state index is 11.7. The lowest BCUT2D eigenvalue weighted by atomic mass is 10.1. The highest BCUT2D eigenvalue weighted by molar-refractivity contribution is 14.0. The number of alkyl carbamates (subject to hydrolysis) is 1. The fourth-order valence-corrected chi connectivity index (χ4v) is 1.49. The number of aliphatic imine (C=N–C) groups is 1. The molecule has 8 heteroatoms. The lowest BCUT2D eigenvalue weighted by molar-refractivity contribution is 0.0476. The van der Waals surface area contributed by atoms with Gasteiger partial charge in [-0.2, -0.15) is 0 Å². The van der Waals surface area contributed by atoms with Gasteiger partial charge < -0.3 is 25.8 Å². The van der Waals surface area contributed by atoms with Crippen molar-refractivity contribution in [1.82, 2.24) is 10.6 Å². The molecule has 1 amide bonds. The van der Waals surface area contributed by atoms with E-state index in [1.807, 2.05) is 41.5 Å². The van der Waals surface area contributed by atoms with E-state index in [4.69, 9.17) is 15.2 Å². The highest BCUT2D eigenvalue weighted by Crippen LogP contribution is 2.09. The normalized spacial score (nSPS) is 13.9. The fraction of sp³-hybridized carbons (Fsp3) is 0.857. The van der Waals surface area contributed by atoms with E-state index >= 15 is 0 Å². The second-order valence-corrected chi connectivity index (χ2v) is 6.71. The second-order valence-electron chi connectivity index (χ2n) is 6.71. The highest BCUT2D eigenvalue weighted by atomic mass is 127. The van der Waals surface area contributed by atoms with Crippen molar-refractivity contribution in [2.24, 2.45) is 10.7 Å². The van der Waals surface area contributed by atoms with Crippen molar-refractivity contribution in [3.8, 4) is 0 Å². The molecule has 0 rings (SSSR count). The largest absolute Gasteiger partial charge is 0.444 e. The minimum Gasteiger partial charge on any atom is -0.444 e. The summed E-state index contributed by atoms with van der Waals surface area (Å²) in [5, 5.41) is 5.77. The molecule has 0 spiro atoms. The van der Waals surface area contributed by atoms with Gasteiger partial charge in [-0.05, 0) is 41.5 Å². The Labute approximate surface area is 150 Å². The van der Waals surface area contributed by atoms with E-state index in [-0.39, 0.29) is 30.0 Å². The van der Waals surface area contributed by atoms with Crippen LogP contribution in [0, 0.1) is 0 Å². The van der Waals surface area contributed by atoms with E-state index in [2.05, 4.69) is 15.6 Å². The molecule has 0 aromatic heterocycles. The van der Waals surface area contributed by atoms with Crippen molar-refractivity contribution in [2.45, 2.75) is 58.7 Å². The molecule has 0 bridgehead atoms. The molecule has 0 aliphatic carbocycles. The summed E-state index contributed by atoms with van der Waals surface area (Å²) in [5.74, 6) is 0.318. The van der Waals surface area contributed by atoms with Crippen molar-refractivity contribution < 1.29 is 14.3 Å².